The number of piperidine rings is 1. The maximum absolute atomic E-state index is 6.42. The molecular weight excluding hydrogens is 357 g/mol. The third kappa shape index (κ3) is 2.99. The van der Waals surface area contributed by atoms with Crippen molar-refractivity contribution >= 4 is 23.2 Å². The first-order chi connectivity index (χ1) is 12.2. The second-order valence-corrected chi connectivity index (χ2v) is 8.40. The molecular formula is C19H21Cl2N3O. The van der Waals surface area contributed by atoms with E-state index in [9.17, 15) is 0 Å². The van der Waals surface area contributed by atoms with Crippen LogP contribution >= 0.6 is 23.2 Å². The maximum Gasteiger partial charge on any atom is 0.144 e. The number of halogens is 2. The Balaban J connectivity index is 1.44. The van der Waals surface area contributed by atoms with Gasteiger partial charge in [0.1, 0.15) is 11.5 Å². The van der Waals surface area contributed by atoms with Gasteiger partial charge in [0.15, 0.2) is 0 Å². The zero-order chi connectivity index (χ0) is 17.0. The summed E-state index contributed by atoms with van der Waals surface area (Å²) in [5.41, 5.74) is 2.71. The molecule has 2 aliphatic heterocycles. The number of hydrogen-bond donors (Lipinski definition) is 2. The van der Waals surface area contributed by atoms with Gasteiger partial charge in [-0.05, 0) is 44.2 Å². The first-order valence-corrected chi connectivity index (χ1v) is 9.87. The molecule has 2 aliphatic carbocycles. The van der Waals surface area contributed by atoms with Crippen LogP contribution in [0.2, 0.25) is 10.0 Å². The molecule has 6 rings (SSSR count). The third-order valence-electron chi connectivity index (χ3n) is 5.71. The van der Waals surface area contributed by atoms with Crippen molar-refractivity contribution in [3.63, 3.8) is 0 Å². The van der Waals surface area contributed by atoms with Gasteiger partial charge in [-0.2, -0.15) is 0 Å². The standard InChI is InChI=1S/C19H21Cl2N3O/c20-15-2-1-3-16(21)17(15)18-14(19(25-24-18)10-4-5-10)9-22-11-6-12-8-13(7-11)23-12/h1-3,10-13,22-23H,4-9H2. The molecule has 2 N–H and O–H groups in total. The fraction of sp³-hybridized carbons (Fsp3) is 0.526. The molecule has 132 valence electrons. The predicted octanol–water partition coefficient (Wildman–Crippen LogP) is 4.51. The van der Waals surface area contributed by atoms with Gasteiger partial charge in [0, 0.05) is 41.7 Å². The average Bonchev–Trinajstić information content (AvgIpc) is 3.34. The Morgan fingerprint density at radius 2 is 1.80 bits per heavy atom. The molecule has 1 aromatic carbocycles. The van der Waals surface area contributed by atoms with Gasteiger partial charge >= 0.3 is 0 Å². The van der Waals surface area contributed by atoms with Crippen LogP contribution in [-0.4, -0.2) is 23.3 Å². The summed E-state index contributed by atoms with van der Waals surface area (Å²) in [5.74, 6) is 1.51. The monoisotopic (exact) mass is 377 g/mol. The van der Waals surface area contributed by atoms with Gasteiger partial charge < -0.3 is 15.2 Å². The lowest BCUT2D eigenvalue weighted by atomic mass is 9.79. The fourth-order valence-corrected chi connectivity index (χ4v) is 4.83. The minimum Gasteiger partial charge on any atom is -0.360 e. The summed E-state index contributed by atoms with van der Waals surface area (Å²) in [4.78, 5) is 0. The number of rotatable bonds is 5. The first-order valence-electron chi connectivity index (χ1n) is 9.11. The van der Waals surface area contributed by atoms with Crippen LogP contribution in [0.1, 0.15) is 49.3 Å². The van der Waals surface area contributed by atoms with Crippen LogP contribution in [0.25, 0.3) is 11.3 Å². The van der Waals surface area contributed by atoms with Crippen LogP contribution in [0.3, 0.4) is 0 Å². The highest BCUT2D eigenvalue weighted by Crippen LogP contribution is 2.46. The first kappa shape index (κ1) is 16.1. The molecule has 2 bridgehead atoms. The van der Waals surface area contributed by atoms with Crippen LogP contribution in [0.5, 0.6) is 0 Å². The Bertz CT molecular complexity index is 766. The highest BCUT2D eigenvalue weighted by Gasteiger charge is 2.38. The van der Waals surface area contributed by atoms with Gasteiger partial charge in [-0.15, -0.1) is 0 Å². The molecule has 25 heavy (non-hydrogen) atoms. The molecule has 2 atom stereocenters. The van der Waals surface area contributed by atoms with E-state index < -0.39 is 0 Å². The molecule has 4 nitrogen and oxygen atoms in total. The van der Waals surface area contributed by atoms with Crippen LogP contribution in [0.4, 0.5) is 0 Å². The van der Waals surface area contributed by atoms with E-state index in [4.69, 9.17) is 27.7 Å². The molecule has 2 saturated heterocycles. The topological polar surface area (TPSA) is 50.1 Å². The molecule has 3 heterocycles. The minimum atomic E-state index is 0.501. The normalized spacial score (nSPS) is 28.0. The van der Waals surface area contributed by atoms with Crippen molar-refractivity contribution in [2.45, 2.75) is 62.7 Å². The lowest BCUT2D eigenvalue weighted by molar-refractivity contribution is 0.145. The van der Waals surface area contributed by atoms with Crippen molar-refractivity contribution in [3.05, 3.63) is 39.6 Å². The largest absolute Gasteiger partial charge is 0.360 e. The van der Waals surface area contributed by atoms with Crippen LogP contribution in [0.15, 0.2) is 22.7 Å². The third-order valence-corrected chi connectivity index (χ3v) is 6.34. The lowest BCUT2D eigenvalue weighted by Gasteiger charge is -2.46. The summed E-state index contributed by atoms with van der Waals surface area (Å²) in [6.45, 7) is 0.760. The molecule has 0 radical (unpaired) electrons. The van der Waals surface area contributed by atoms with Crippen molar-refractivity contribution in [1.82, 2.24) is 15.8 Å². The van der Waals surface area contributed by atoms with Crippen LogP contribution in [-0.2, 0) is 6.54 Å². The van der Waals surface area contributed by atoms with Crippen molar-refractivity contribution in [3.8, 4) is 11.3 Å². The van der Waals surface area contributed by atoms with Gasteiger partial charge in [-0.3, -0.25) is 0 Å². The molecule has 2 aromatic rings. The van der Waals surface area contributed by atoms with Gasteiger partial charge in [0.05, 0.1) is 10.0 Å². The highest BCUT2D eigenvalue weighted by atomic mass is 35.5. The summed E-state index contributed by atoms with van der Waals surface area (Å²) in [6.07, 6.45) is 6.08. The molecule has 1 aromatic heterocycles. The van der Waals surface area contributed by atoms with Crippen molar-refractivity contribution < 1.29 is 4.52 Å². The molecule has 4 fully saturated rings. The quantitative estimate of drug-likeness (QED) is 0.804. The summed E-state index contributed by atoms with van der Waals surface area (Å²) >= 11 is 12.8. The van der Waals surface area contributed by atoms with Gasteiger partial charge in [-0.25, -0.2) is 0 Å². The van der Waals surface area contributed by atoms with Crippen molar-refractivity contribution in [2.24, 2.45) is 0 Å². The van der Waals surface area contributed by atoms with Gasteiger partial charge in [0.25, 0.3) is 0 Å². The smallest absolute Gasteiger partial charge is 0.144 e. The average molecular weight is 378 g/mol. The maximum atomic E-state index is 6.42. The molecule has 0 spiro atoms. The second kappa shape index (κ2) is 6.27. The predicted molar refractivity (Wildman–Crippen MR) is 99.1 cm³/mol. The second-order valence-electron chi connectivity index (χ2n) is 7.59. The number of hydrogen-bond acceptors (Lipinski definition) is 4. The fourth-order valence-electron chi connectivity index (χ4n) is 4.26. The van der Waals surface area contributed by atoms with E-state index in [2.05, 4.69) is 15.8 Å². The number of nitrogens with zero attached hydrogens (tertiary/aromatic N) is 1. The number of benzene rings is 1. The Morgan fingerprint density at radius 3 is 2.44 bits per heavy atom. The molecule has 2 saturated carbocycles. The van der Waals surface area contributed by atoms with E-state index in [0.717, 1.165) is 29.1 Å². The summed E-state index contributed by atoms with van der Waals surface area (Å²) < 4.78 is 5.73. The molecule has 2 unspecified atom stereocenters. The Hall–Kier alpha value is -1.07. The SMILES string of the molecule is Clc1cccc(Cl)c1-c1noc(C2CC2)c1CNC1CC2CC(C1)N2. The molecule has 6 heteroatoms. The Morgan fingerprint density at radius 1 is 1.12 bits per heavy atom. The van der Waals surface area contributed by atoms with E-state index >= 15 is 0 Å². The van der Waals surface area contributed by atoms with E-state index in [0.29, 0.717) is 34.1 Å². The minimum absolute atomic E-state index is 0.501. The van der Waals surface area contributed by atoms with E-state index in [1.54, 1.807) is 0 Å². The molecule has 0 amide bonds. The molecule has 4 aliphatic rings. The highest BCUT2D eigenvalue weighted by molar-refractivity contribution is 6.39. The zero-order valence-electron chi connectivity index (χ0n) is 13.9. The van der Waals surface area contributed by atoms with E-state index in [-0.39, 0.29) is 0 Å². The number of fused-ring (bicyclic) bond motifs is 2. The zero-order valence-corrected chi connectivity index (χ0v) is 15.4. The number of aromatic nitrogens is 1. The Labute approximate surface area is 157 Å². The van der Waals surface area contributed by atoms with Crippen LogP contribution < -0.4 is 10.6 Å². The Kier molecular flexibility index (Phi) is 4.05. The van der Waals surface area contributed by atoms with Crippen molar-refractivity contribution in [2.75, 3.05) is 0 Å². The summed E-state index contributed by atoms with van der Waals surface area (Å²) in [7, 11) is 0. The van der Waals surface area contributed by atoms with Crippen molar-refractivity contribution in [1.29, 1.82) is 0 Å². The van der Waals surface area contributed by atoms with Gasteiger partial charge in [0.2, 0.25) is 0 Å². The van der Waals surface area contributed by atoms with E-state index in [1.807, 2.05) is 18.2 Å². The van der Waals surface area contributed by atoms with Crippen LogP contribution in [0, 0.1) is 0 Å². The van der Waals surface area contributed by atoms with Gasteiger partial charge in [-0.1, -0.05) is 34.4 Å². The number of nitrogens with one attached hydrogen (secondary N) is 2. The van der Waals surface area contributed by atoms with E-state index in [1.165, 1.54) is 32.1 Å². The summed E-state index contributed by atoms with van der Waals surface area (Å²) in [6, 6.07) is 7.51. The lowest BCUT2D eigenvalue weighted by Crippen LogP contribution is -2.61. The summed E-state index contributed by atoms with van der Waals surface area (Å²) in [5, 5.41) is 12.9.